The number of rotatable bonds is 7. The predicted octanol–water partition coefficient (Wildman–Crippen LogP) is 7.14. The first kappa shape index (κ1) is 20.5. The molecule has 1 heteroatoms. The van der Waals surface area contributed by atoms with Gasteiger partial charge in [-0.1, -0.05) is 62.3 Å². The van der Waals surface area contributed by atoms with Crippen LogP contribution in [0, 0.1) is 17.8 Å². The molecule has 0 spiro atoms. The minimum atomic E-state index is 0.538. The molecule has 0 saturated heterocycles. The van der Waals surface area contributed by atoms with Crippen molar-refractivity contribution in [1.82, 2.24) is 0 Å². The second-order valence-corrected chi connectivity index (χ2v) is 8.10. The van der Waals surface area contributed by atoms with Crippen molar-refractivity contribution in [2.75, 3.05) is 7.11 Å². The van der Waals surface area contributed by atoms with Gasteiger partial charge < -0.3 is 4.74 Å². The van der Waals surface area contributed by atoms with Gasteiger partial charge in [-0.05, 0) is 79.8 Å². The van der Waals surface area contributed by atoms with Crippen LogP contribution in [0.3, 0.4) is 0 Å². The van der Waals surface area contributed by atoms with Gasteiger partial charge in [0, 0.05) is 11.5 Å². The van der Waals surface area contributed by atoms with Gasteiger partial charge in [0.05, 0.1) is 7.11 Å². The van der Waals surface area contributed by atoms with Gasteiger partial charge >= 0.3 is 0 Å². The lowest BCUT2D eigenvalue weighted by molar-refractivity contribution is 0.384. The molecule has 1 aliphatic rings. The summed E-state index contributed by atoms with van der Waals surface area (Å²) in [7, 11) is 1.69. The molecule has 1 saturated carbocycles. The first-order valence-electron chi connectivity index (χ1n) is 11.0. The van der Waals surface area contributed by atoms with Crippen LogP contribution < -0.4 is 4.74 Å². The Morgan fingerprint density at radius 1 is 0.857 bits per heavy atom. The zero-order valence-electron chi connectivity index (χ0n) is 17.5. The van der Waals surface area contributed by atoms with Crippen LogP contribution >= 0.6 is 0 Å². The van der Waals surface area contributed by atoms with Crippen LogP contribution in [0.5, 0.6) is 5.75 Å². The van der Waals surface area contributed by atoms with Crippen LogP contribution in [-0.4, -0.2) is 7.11 Å². The summed E-state index contributed by atoms with van der Waals surface area (Å²) in [4.78, 5) is 0. The average molecular weight is 375 g/mol. The summed E-state index contributed by atoms with van der Waals surface area (Å²) in [5.41, 5.74) is 4.11. The number of aryl methyl sites for hydroxylation is 1. The lowest BCUT2D eigenvalue weighted by Crippen LogP contribution is -2.12. The molecule has 0 aliphatic heterocycles. The lowest BCUT2D eigenvalue weighted by atomic mass is 9.78. The van der Waals surface area contributed by atoms with Crippen molar-refractivity contribution < 1.29 is 4.74 Å². The fraction of sp³-hybridized carbons (Fsp3) is 0.481. The largest absolute Gasteiger partial charge is 0.497 e. The molecule has 1 aliphatic carbocycles. The highest BCUT2D eigenvalue weighted by Gasteiger charge is 2.21. The van der Waals surface area contributed by atoms with Crippen molar-refractivity contribution in [3.05, 3.63) is 65.2 Å². The molecule has 28 heavy (non-hydrogen) atoms. The zero-order chi connectivity index (χ0) is 19.6. The van der Waals surface area contributed by atoms with E-state index in [0.717, 1.165) is 11.3 Å². The van der Waals surface area contributed by atoms with E-state index >= 15 is 0 Å². The van der Waals surface area contributed by atoms with Crippen molar-refractivity contribution in [2.24, 2.45) is 5.92 Å². The third-order valence-corrected chi connectivity index (χ3v) is 6.01. The van der Waals surface area contributed by atoms with Crippen molar-refractivity contribution in [3.8, 4) is 17.6 Å². The summed E-state index contributed by atoms with van der Waals surface area (Å²) < 4.78 is 5.21. The average Bonchev–Trinajstić information content (AvgIpc) is 2.76. The highest BCUT2D eigenvalue weighted by Crippen LogP contribution is 2.35. The van der Waals surface area contributed by atoms with Gasteiger partial charge in [0.1, 0.15) is 5.75 Å². The zero-order valence-corrected chi connectivity index (χ0v) is 17.5. The summed E-state index contributed by atoms with van der Waals surface area (Å²) in [6.07, 6.45) is 11.5. The van der Waals surface area contributed by atoms with E-state index in [0.29, 0.717) is 11.8 Å². The first-order chi connectivity index (χ1) is 13.8. The fourth-order valence-electron chi connectivity index (χ4n) is 4.14. The van der Waals surface area contributed by atoms with E-state index in [1.807, 2.05) is 24.3 Å². The Kier molecular flexibility index (Phi) is 8.04. The maximum absolute atomic E-state index is 5.21. The molecule has 0 radical (unpaired) electrons. The summed E-state index contributed by atoms with van der Waals surface area (Å²) in [6, 6.07) is 17.5. The van der Waals surface area contributed by atoms with Gasteiger partial charge in [-0.25, -0.2) is 0 Å². The number of hydrogen-bond donors (Lipinski definition) is 0. The van der Waals surface area contributed by atoms with E-state index in [4.69, 9.17) is 4.74 Å². The third-order valence-electron chi connectivity index (χ3n) is 6.01. The molecule has 0 aromatic heterocycles. The Hall–Kier alpha value is -2.20. The molecule has 3 rings (SSSR count). The Bertz CT molecular complexity index is 753. The van der Waals surface area contributed by atoms with E-state index in [1.54, 1.807) is 7.11 Å². The van der Waals surface area contributed by atoms with Gasteiger partial charge in [0.25, 0.3) is 0 Å². The van der Waals surface area contributed by atoms with Crippen LogP contribution in [0.4, 0.5) is 0 Å². The maximum Gasteiger partial charge on any atom is 0.118 e. The number of unbranched alkanes of at least 4 members (excludes halogenated alkanes) is 3. The topological polar surface area (TPSA) is 9.23 Å². The molecule has 0 unspecified atom stereocenters. The van der Waals surface area contributed by atoms with Crippen molar-refractivity contribution in [1.29, 1.82) is 0 Å². The van der Waals surface area contributed by atoms with Crippen LogP contribution in [0.15, 0.2) is 48.5 Å². The Balaban J connectivity index is 1.46. The Morgan fingerprint density at radius 2 is 1.57 bits per heavy atom. The van der Waals surface area contributed by atoms with Gasteiger partial charge in [0.15, 0.2) is 0 Å². The summed E-state index contributed by atoms with van der Waals surface area (Å²) >= 11 is 0. The molecule has 2 aromatic carbocycles. The number of benzene rings is 2. The molecule has 2 aromatic rings. The molecule has 1 fully saturated rings. The molecule has 0 bridgehead atoms. The molecule has 0 N–H and O–H groups in total. The van der Waals surface area contributed by atoms with Crippen molar-refractivity contribution >= 4 is 0 Å². The first-order valence-corrected chi connectivity index (χ1v) is 11.0. The monoisotopic (exact) mass is 374 g/mol. The summed E-state index contributed by atoms with van der Waals surface area (Å²) in [5.74, 6) is 8.99. The predicted molar refractivity (Wildman–Crippen MR) is 119 cm³/mol. The molecule has 1 nitrogen and oxygen atoms in total. The normalized spacial score (nSPS) is 18.9. The molecular weight excluding hydrogens is 340 g/mol. The van der Waals surface area contributed by atoms with Crippen molar-refractivity contribution in [3.63, 3.8) is 0 Å². The van der Waals surface area contributed by atoms with Gasteiger partial charge in [-0.15, -0.1) is 0 Å². The highest BCUT2D eigenvalue weighted by molar-refractivity contribution is 5.38. The minimum absolute atomic E-state index is 0.538. The SMILES string of the molecule is CCCCCCc1ccc(C2CCC(C#Cc3ccc(OC)cc3)CC2)cc1. The summed E-state index contributed by atoms with van der Waals surface area (Å²) in [6.45, 7) is 2.27. The second-order valence-electron chi connectivity index (χ2n) is 8.10. The second kappa shape index (κ2) is 11.0. The van der Waals surface area contributed by atoms with Gasteiger partial charge in [-0.3, -0.25) is 0 Å². The Morgan fingerprint density at radius 3 is 2.21 bits per heavy atom. The smallest absolute Gasteiger partial charge is 0.118 e. The fourth-order valence-corrected chi connectivity index (χ4v) is 4.14. The molecular formula is C27H34O. The van der Waals surface area contributed by atoms with E-state index in [-0.39, 0.29) is 0 Å². The lowest BCUT2D eigenvalue weighted by Gasteiger charge is -2.26. The van der Waals surface area contributed by atoms with Crippen LogP contribution in [0.2, 0.25) is 0 Å². The van der Waals surface area contributed by atoms with Gasteiger partial charge in [0.2, 0.25) is 0 Å². The maximum atomic E-state index is 5.21. The molecule has 0 heterocycles. The minimum Gasteiger partial charge on any atom is -0.497 e. The quantitative estimate of drug-likeness (QED) is 0.369. The van der Waals surface area contributed by atoms with E-state index in [2.05, 4.69) is 43.0 Å². The molecule has 148 valence electrons. The number of hydrogen-bond acceptors (Lipinski definition) is 1. The van der Waals surface area contributed by atoms with Crippen molar-refractivity contribution in [2.45, 2.75) is 70.6 Å². The molecule has 0 amide bonds. The Labute approximate surface area is 171 Å². The van der Waals surface area contributed by atoms with E-state index in [9.17, 15) is 0 Å². The van der Waals surface area contributed by atoms with Gasteiger partial charge in [-0.2, -0.15) is 0 Å². The number of methoxy groups -OCH3 is 1. The summed E-state index contributed by atoms with van der Waals surface area (Å²) in [5, 5.41) is 0. The molecule has 0 atom stereocenters. The van der Waals surface area contributed by atoms with E-state index in [1.165, 1.54) is 68.9 Å². The highest BCUT2D eigenvalue weighted by atomic mass is 16.5. The van der Waals surface area contributed by atoms with E-state index < -0.39 is 0 Å². The van der Waals surface area contributed by atoms with Crippen LogP contribution in [0.25, 0.3) is 0 Å². The number of ether oxygens (including phenoxy) is 1. The van der Waals surface area contributed by atoms with Crippen LogP contribution in [-0.2, 0) is 6.42 Å². The third kappa shape index (κ3) is 6.16. The standard InChI is InChI=1S/C27H34O/c1-3-4-5-6-7-22-10-16-25(17-11-22)26-18-12-23(13-19-26)8-9-24-14-20-27(28-2)21-15-24/h10-11,14-17,20-21,23,26H,3-7,12-13,18-19H2,1-2H3. The van der Waals surface area contributed by atoms with Crippen LogP contribution in [0.1, 0.15) is 80.9 Å².